The molecule has 2 aromatic carbocycles. The highest BCUT2D eigenvalue weighted by Crippen LogP contribution is 2.13. The van der Waals surface area contributed by atoms with Crippen LogP contribution in [0.3, 0.4) is 0 Å². The summed E-state index contributed by atoms with van der Waals surface area (Å²) < 4.78 is 0. The summed E-state index contributed by atoms with van der Waals surface area (Å²) in [5.41, 5.74) is 4.08. The Kier molecular flexibility index (Phi) is 6.35. The van der Waals surface area contributed by atoms with Crippen LogP contribution in [0.1, 0.15) is 20.7 Å². The van der Waals surface area contributed by atoms with Crippen molar-refractivity contribution in [2.75, 3.05) is 11.0 Å². The van der Waals surface area contributed by atoms with E-state index in [0.717, 1.165) is 0 Å². The van der Waals surface area contributed by atoms with Gasteiger partial charge in [-0.2, -0.15) is 0 Å². The van der Waals surface area contributed by atoms with Crippen molar-refractivity contribution in [3.8, 4) is 0 Å². The molecule has 0 atom stereocenters. The van der Waals surface area contributed by atoms with Crippen LogP contribution < -0.4 is 11.0 Å². The quantitative estimate of drug-likeness (QED) is 0.473. The van der Waals surface area contributed by atoms with Crippen LogP contribution in [0.4, 0.5) is 11.4 Å². The standard InChI is InChI=1S/2C7H7NO3/c2*9-7(10)5-3-1-2-4-6(5)8-11/h2*1-4,8,11H,(H,9,10). The third-order valence-corrected chi connectivity index (χ3v) is 2.56. The largest absolute Gasteiger partial charge is 0.478 e. The fourth-order valence-electron chi connectivity index (χ4n) is 1.53. The molecule has 0 unspecified atom stereocenters. The average molecular weight is 306 g/mol. The van der Waals surface area contributed by atoms with Gasteiger partial charge in [-0.15, -0.1) is 0 Å². The Labute approximate surface area is 125 Å². The second-order valence-electron chi connectivity index (χ2n) is 3.93. The summed E-state index contributed by atoms with van der Waals surface area (Å²) in [5.74, 6) is -2.13. The Balaban J connectivity index is 0.000000220. The van der Waals surface area contributed by atoms with E-state index >= 15 is 0 Å². The van der Waals surface area contributed by atoms with E-state index in [1.807, 2.05) is 0 Å². The molecule has 0 aromatic heterocycles. The molecule has 8 heteroatoms. The first-order chi connectivity index (χ1) is 10.5. The zero-order chi connectivity index (χ0) is 16.5. The lowest BCUT2D eigenvalue weighted by molar-refractivity contribution is 0.0686. The fraction of sp³-hybridized carbons (Fsp3) is 0. The number of aromatic carboxylic acids is 2. The Hall–Kier alpha value is -3.10. The second kappa shape index (κ2) is 8.25. The number of carboxylic acid groups (broad SMARTS) is 2. The number of carboxylic acids is 2. The molecule has 8 nitrogen and oxygen atoms in total. The number of para-hydroxylation sites is 2. The van der Waals surface area contributed by atoms with Gasteiger partial charge in [-0.1, -0.05) is 24.3 Å². The number of hydrogen-bond donors (Lipinski definition) is 6. The van der Waals surface area contributed by atoms with Crippen molar-refractivity contribution in [2.24, 2.45) is 0 Å². The monoisotopic (exact) mass is 306 g/mol. The van der Waals surface area contributed by atoms with Crippen LogP contribution in [-0.4, -0.2) is 32.6 Å². The number of carbonyl (C=O) groups is 2. The maximum absolute atomic E-state index is 10.4. The number of anilines is 2. The van der Waals surface area contributed by atoms with Gasteiger partial charge in [0.05, 0.1) is 22.5 Å². The van der Waals surface area contributed by atoms with E-state index in [9.17, 15) is 9.59 Å². The fourth-order valence-corrected chi connectivity index (χ4v) is 1.53. The van der Waals surface area contributed by atoms with Gasteiger partial charge in [0.2, 0.25) is 0 Å². The summed E-state index contributed by atoms with van der Waals surface area (Å²) in [5, 5.41) is 34.0. The lowest BCUT2D eigenvalue weighted by Gasteiger charge is -2.01. The van der Waals surface area contributed by atoms with Crippen molar-refractivity contribution in [3.63, 3.8) is 0 Å². The SMILES string of the molecule is O=C(O)c1ccccc1NO.O=C(O)c1ccccc1NO. The highest BCUT2D eigenvalue weighted by Gasteiger charge is 2.07. The molecule has 0 amide bonds. The maximum atomic E-state index is 10.4. The van der Waals surface area contributed by atoms with Crippen LogP contribution in [0.5, 0.6) is 0 Å². The molecule has 0 aliphatic heterocycles. The van der Waals surface area contributed by atoms with E-state index in [2.05, 4.69) is 0 Å². The van der Waals surface area contributed by atoms with Crippen molar-refractivity contribution in [1.29, 1.82) is 0 Å². The molecule has 116 valence electrons. The Morgan fingerprint density at radius 3 is 1.23 bits per heavy atom. The first kappa shape index (κ1) is 17.0. The predicted molar refractivity (Wildman–Crippen MR) is 77.6 cm³/mol. The summed E-state index contributed by atoms with van der Waals surface area (Å²) in [4.78, 5) is 20.9. The summed E-state index contributed by atoms with van der Waals surface area (Å²) in [6, 6.07) is 12.2. The topological polar surface area (TPSA) is 139 Å². The molecule has 0 saturated heterocycles. The molecule has 0 aliphatic carbocycles. The van der Waals surface area contributed by atoms with Crippen molar-refractivity contribution < 1.29 is 30.2 Å². The first-order valence-corrected chi connectivity index (χ1v) is 5.96. The first-order valence-electron chi connectivity index (χ1n) is 5.96. The van der Waals surface area contributed by atoms with Crippen LogP contribution in [0.2, 0.25) is 0 Å². The average Bonchev–Trinajstić information content (AvgIpc) is 2.55. The molecule has 0 saturated carbocycles. The molecule has 2 aromatic rings. The summed E-state index contributed by atoms with van der Waals surface area (Å²) >= 11 is 0. The van der Waals surface area contributed by atoms with E-state index in [0.29, 0.717) is 0 Å². The van der Waals surface area contributed by atoms with Gasteiger partial charge in [-0.25, -0.2) is 9.59 Å². The van der Waals surface area contributed by atoms with E-state index in [1.165, 1.54) is 24.3 Å². The molecule has 22 heavy (non-hydrogen) atoms. The van der Waals surface area contributed by atoms with Gasteiger partial charge in [0, 0.05) is 0 Å². The van der Waals surface area contributed by atoms with Crippen molar-refractivity contribution >= 4 is 23.3 Å². The summed E-state index contributed by atoms with van der Waals surface area (Å²) in [6.45, 7) is 0. The Morgan fingerprint density at radius 2 is 1.00 bits per heavy atom. The van der Waals surface area contributed by atoms with Gasteiger partial charge >= 0.3 is 11.9 Å². The van der Waals surface area contributed by atoms with Gasteiger partial charge in [-0.3, -0.25) is 21.4 Å². The molecule has 6 N–H and O–H groups in total. The van der Waals surface area contributed by atoms with Crippen LogP contribution in [0.15, 0.2) is 48.5 Å². The molecule has 0 spiro atoms. The zero-order valence-corrected chi connectivity index (χ0v) is 11.2. The number of rotatable bonds is 4. The van der Waals surface area contributed by atoms with Crippen LogP contribution in [0, 0.1) is 0 Å². The van der Waals surface area contributed by atoms with Gasteiger partial charge in [0.15, 0.2) is 0 Å². The summed E-state index contributed by atoms with van der Waals surface area (Å²) in [7, 11) is 0. The number of nitrogens with one attached hydrogen (secondary N) is 2. The maximum Gasteiger partial charge on any atom is 0.337 e. The van der Waals surface area contributed by atoms with Crippen LogP contribution in [0.25, 0.3) is 0 Å². The third-order valence-electron chi connectivity index (χ3n) is 2.56. The van der Waals surface area contributed by atoms with Crippen LogP contribution >= 0.6 is 0 Å². The van der Waals surface area contributed by atoms with E-state index < -0.39 is 11.9 Å². The third kappa shape index (κ3) is 4.47. The van der Waals surface area contributed by atoms with E-state index in [-0.39, 0.29) is 22.5 Å². The minimum Gasteiger partial charge on any atom is -0.478 e. The lowest BCUT2D eigenvalue weighted by Crippen LogP contribution is -2.01. The van der Waals surface area contributed by atoms with Gasteiger partial charge in [0.1, 0.15) is 0 Å². The zero-order valence-electron chi connectivity index (χ0n) is 11.2. The Morgan fingerprint density at radius 1 is 0.682 bits per heavy atom. The minimum atomic E-state index is -1.07. The van der Waals surface area contributed by atoms with E-state index in [1.54, 1.807) is 35.2 Å². The van der Waals surface area contributed by atoms with Crippen molar-refractivity contribution in [2.45, 2.75) is 0 Å². The normalized spacial score (nSPS) is 9.18. The highest BCUT2D eigenvalue weighted by atomic mass is 16.5. The number of hydrogen-bond acceptors (Lipinski definition) is 6. The van der Waals surface area contributed by atoms with Crippen molar-refractivity contribution in [3.05, 3.63) is 59.7 Å². The molecule has 0 fully saturated rings. The molecule has 0 aliphatic rings. The smallest absolute Gasteiger partial charge is 0.337 e. The molecular weight excluding hydrogens is 292 g/mol. The predicted octanol–water partition coefficient (Wildman–Crippen LogP) is 2.37. The molecule has 0 radical (unpaired) electrons. The second-order valence-corrected chi connectivity index (χ2v) is 3.93. The lowest BCUT2D eigenvalue weighted by atomic mass is 10.2. The Bertz CT molecular complexity index is 602. The minimum absolute atomic E-state index is 0.0509. The number of benzene rings is 2. The summed E-state index contributed by atoms with van der Waals surface area (Å²) in [6.07, 6.45) is 0. The van der Waals surface area contributed by atoms with Gasteiger partial charge in [-0.05, 0) is 24.3 Å². The highest BCUT2D eigenvalue weighted by molar-refractivity contribution is 5.94. The molecule has 2 rings (SSSR count). The van der Waals surface area contributed by atoms with Gasteiger partial charge < -0.3 is 10.2 Å². The molecule has 0 heterocycles. The van der Waals surface area contributed by atoms with Gasteiger partial charge in [0.25, 0.3) is 0 Å². The van der Waals surface area contributed by atoms with Crippen molar-refractivity contribution in [1.82, 2.24) is 0 Å². The molecular formula is C14H14N2O6. The van der Waals surface area contributed by atoms with E-state index in [4.69, 9.17) is 20.6 Å². The molecule has 0 bridgehead atoms. The van der Waals surface area contributed by atoms with Crippen LogP contribution in [-0.2, 0) is 0 Å².